The Labute approximate surface area is 178 Å². The Kier molecular flexibility index (Phi) is 5.71. The molecule has 0 atom stereocenters. The molecule has 2 amide bonds. The number of rotatable bonds is 6. The molecule has 2 heterocycles. The molecule has 1 aromatic heterocycles. The molecule has 0 saturated heterocycles. The van der Waals surface area contributed by atoms with Gasteiger partial charge in [0, 0.05) is 6.54 Å². The van der Waals surface area contributed by atoms with Crippen LogP contribution in [0.15, 0.2) is 53.7 Å². The van der Waals surface area contributed by atoms with E-state index in [1.165, 1.54) is 16.7 Å². The second kappa shape index (κ2) is 8.58. The van der Waals surface area contributed by atoms with Crippen LogP contribution in [0.4, 0.5) is 11.4 Å². The first-order chi connectivity index (χ1) is 14.6. The Morgan fingerprint density at radius 1 is 1.17 bits per heavy atom. The molecule has 9 heteroatoms. The molecular formula is C21H21N5O3S. The lowest BCUT2D eigenvalue weighted by atomic mass is 10.2. The average molecular weight is 423 g/mol. The summed E-state index contributed by atoms with van der Waals surface area (Å²) in [5, 5.41) is 12.0. The van der Waals surface area contributed by atoms with Gasteiger partial charge in [-0.15, -0.1) is 10.2 Å². The molecule has 0 radical (unpaired) electrons. The smallest absolute Gasteiger partial charge is 0.244 e. The number of hydrogen-bond acceptors (Lipinski definition) is 6. The molecule has 8 nitrogen and oxygen atoms in total. The number of para-hydroxylation sites is 3. The first-order valence-corrected chi connectivity index (χ1v) is 10.5. The maximum atomic E-state index is 12.9. The van der Waals surface area contributed by atoms with E-state index < -0.39 is 0 Å². The number of nitrogens with one attached hydrogen (secondary N) is 1. The van der Waals surface area contributed by atoms with Gasteiger partial charge in [-0.25, -0.2) is 0 Å². The molecule has 1 aliphatic heterocycles. The predicted octanol–water partition coefficient (Wildman–Crippen LogP) is 3.05. The van der Waals surface area contributed by atoms with Crippen molar-refractivity contribution in [2.45, 2.75) is 18.6 Å². The number of carbonyl (C=O) groups excluding carboxylic acids is 2. The summed E-state index contributed by atoms with van der Waals surface area (Å²) in [6.07, 6.45) is 0. The van der Waals surface area contributed by atoms with Crippen LogP contribution in [0.5, 0.6) is 5.75 Å². The van der Waals surface area contributed by atoms with Crippen LogP contribution in [0, 0.1) is 0 Å². The zero-order valence-corrected chi connectivity index (χ0v) is 17.5. The molecule has 1 N–H and O–H groups in total. The summed E-state index contributed by atoms with van der Waals surface area (Å²) in [5.41, 5.74) is 2.19. The summed E-state index contributed by atoms with van der Waals surface area (Å²) in [7, 11) is 1.62. The van der Waals surface area contributed by atoms with E-state index in [9.17, 15) is 9.59 Å². The van der Waals surface area contributed by atoms with E-state index in [-0.39, 0.29) is 24.1 Å². The highest BCUT2D eigenvalue weighted by Gasteiger charge is 2.27. The first kappa shape index (κ1) is 20.0. The van der Waals surface area contributed by atoms with Crippen molar-refractivity contribution in [2.75, 3.05) is 29.6 Å². The minimum atomic E-state index is -0.206. The van der Waals surface area contributed by atoms with Gasteiger partial charge in [0.15, 0.2) is 11.0 Å². The van der Waals surface area contributed by atoms with Crippen molar-refractivity contribution >= 4 is 35.0 Å². The van der Waals surface area contributed by atoms with Crippen molar-refractivity contribution in [2.24, 2.45) is 0 Å². The van der Waals surface area contributed by atoms with Crippen molar-refractivity contribution in [1.82, 2.24) is 14.8 Å². The number of benzene rings is 2. The SMILES string of the molecule is CCn1c(SCC(=O)N2CC(=O)Nc3ccccc32)nnc1-c1ccccc1OC. The van der Waals surface area contributed by atoms with E-state index in [1.54, 1.807) is 13.2 Å². The molecule has 30 heavy (non-hydrogen) atoms. The summed E-state index contributed by atoms with van der Waals surface area (Å²) < 4.78 is 7.39. The van der Waals surface area contributed by atoms with Crippen LogP contribution in [-0.2, 0) is 16.1 Å². The number of hydrogen-bond donors (Lipinski definition) is 1. The molecule has 154 valence electrons. The van der Waals surface area contributed by atoms with Crippen molar-refractivity contribution < 1.29 is 14.3 Å². The van der Waals surface area contributed by atoms with Gasteiger partial charge in [0.1, 0.15) is 12.3 Å². The third-order valence-corrected chi connectivity index (χ3v) is 5.73. The fourth-order valence-corrected chi connectivity index (χ4v) is 4.25. The molecule has 2 aromatic carbocycles. The predicted molar refractivity (Wildman–Crippen MR) is 116 cm³/mol. The number of amides is 2. The number of nitrogens with zero attached hydrogens (tertiary/aromatic N) is 4. The van der Waals surface area contributed by atoms with Crippen LogP contribution in [0.25, 0.3) is 11.4 Å². The summed E-state index contributed by atoms with van der Waals surface area (Å²) in [4.78, 5) is 26.4. The van der Waals surface area contributed by atoms with E-state index in [2.05, 4.69) is 15.5 Å². The minimum Gasteiger partial charge on any atom is -0.496 e. The van der Waals surface area contributed by atoms with Gasteiger partial charge in [-0.1, -0.05) is 36.0 Å². The number of methoxy groups -OCH3 is 1. The monoisotopic (exact) mass is 423 g/mol. The van der Waals surface area contributed by atoms with Gasteiger partial charge in [-0.3, -0.25) is 9.59 Å². The third kappa shape index (κ3) is 3.76. The lowest BCUT2D eigenvalue weighted by Gasteiger charge is -2.29. The van der Waals surface area contributed by atoms with Crippen molar-refractivity contribution in [3.05, 3.63) is 48.5 Å². The van der Waals surface area contributed by atoms with E-state index >= 15 is 0 Å². The third-order valence-electron chi connectivity index (χ3n) is 4.78. The summed E-state index contributed by atoms with van der Waals surface area (Å²) in [6.45, 7) is 2.65. The van der Waals surface area contributed by atoms with Crippen molar-refractivity contribution in [1.29, 1.82) is 0 Å². The van der Waals surface area contributed by atoms with Crippen LogP contribution in [0.2, 0.25) is 0 Å². The molecular weight excluding hydrogens is 402 g/mol. The Hall–Kier alpha value is -3.33. The van der Waals surface area contributed by atoms with Crippen molar-refractivity contribution in [3.63, 3.8) is 0 Å². The highest BCUT2D eigenvalue weighted by molar-refractivity contribution is 7.99. The number of aromatic nitrogens is 3. The minimum absolute atomic E-state index is 0.00331. The van der Waals surface area contributed by atoms with Crippen LogP contribution in [0.3, 0.4) is 0 Å². The maximum Gasteiger partial charge on any atom is 0.244 e. The number of carbonyl (C=O) groups is 2. The largest absolute Gasteiger partial charge is 0.496 e. The van der Waals surface area contributed by atoms with Crippen LogP contribution < -0.4 is 15.0 Å². The van der Waals surface area contributed by atoms with E-state index in [0.29, 0.717) is 34.6 Å². The zero-order valence-electron chi connectivity index (χ0n) is 16.7. The lowest BCUT2D eigenvalue weighted by Crippen LogP contribution is -2.43. The number of anilines is 2. The molecule has 0 saturated carbocycles. The molecule has 1 aliphatic rings. The van der Waals surface area contributed by atoms with E-state index in [1.807, 2.05) is 54.0 Å². The molecule has 0 aliphatic carbocycles. The van der Waals surface area contributed by atoms with Crippen LogP contribution in [0.1, 0.15) is 6.92 Å². The van der Waals surface area contributed by atoms with E-state index in [0.717, 1.165) is 5.56 Å². The second-order valence-electron chi connectivity index (χ2n) is 6.58. The van der Waals surface area contributed by atoms with Gasteiger partial charge in [-0.2, -0.15) is 0 Å². The fraction of sp³-hybridized carbons (Fsp3) is 0.238. The quantitative estimate of drug-likeness (QED) is 0.613. The molecule has 4 rings (SSSR count). The average Bonchev–Trinajstić information content (AvgIpc) is 3.19. The number of thioether (sulfide) groups is 1. The van der Waals surface area contributed by atoms with Crippen molar-refractivity contribution in [3.8, 4) is 17.1 Å². The maximum absolute atomic E-state index is 12.9. The summed E-state index contributed by atoms with van der Waals surface area (Å²) >= 11 is 1.30. The van der Waals surface area contributed by atoms with Gasteiger partial charge >= 0.3 is 0 Å². The molecule has 0 fully saturated rings. The zero-order chi connectivity index (χ0) is 21.1. The molecule has 0 spiro atoms. The van der Waals surface area contributed by atoms with Crippen LogP contribution >= 0.6 is 11.8 Å². The molecule has 3 aromatic rings. The topological polar surface area (TPSA) is 89.4 Å². The van der Waals surface area contributed by atoms with E-state index in [4.69, 9.17) is 4.74 Å². The normalized spacial score (nSPS) is 13.0. The summed E-state index contributed by atoms with van der Waals surface area (Å²) in [6, 6.07) is 14.9. The lowest BCUT2D eigenvalue weighted by molar-refractivity contribution is -0.120. The Morgan fingerprint density at radius 2 is 1.93 bits per heavy atom. The van der Waals surface area contributed by atoms with Gasteiger partial charge in [0.2, 0.25) is 11.8 Å². The standard InChI is InChI=1S/C21H21N5O3S/c1-3-25-20(14-8-4-7-11-17(14)29-2)23-24-21(25)30-13-19(28)26-12-18(27)22-15-9-5-6-10-16(15)26/h4-11H,3,12-13H2,1-2H3,(H,22,27). The highest BCUT2D eigenvalue weighted by Crippen LogP contribution is 2.32. The van der Waals surface area contributed by atoms with Crippen LogP contribution in [-0.4, -0.2) is 46.0 Å². The molecule has 0 bridgehead atoms. The highest BCUT2D eigenvalue weighted by atomic mass is 32.2. The Bertz CT molecular complexity index is 1100. The van der Waals surface area contributed by atoms with Gasteiger partial charge in [0.25, 0.3) is 0 Å². The van der Waals surface area contributed by atoms with Gasteiger partial charge < -0.3 is 19.5 Å². The number of fused-ring (bicyclic) bond motifs is 1. The fourth-order valence-electron chi connectivity index (χ4n) is 3.37. The summed E-state index contributed by atoms with van der Waals surface area (Å²) in [5.74, 6) is 1.18. The second-order valence-corrected chi connectivity index (χ2v) is 7.53. The molecule has 0 unspecified atom stereocenters. The van der Waals surface area contributed by atoms with Gasteiger partial charge in [0.05, 0.1) is 29.8 Å². The first-order valence-electron chi connectivity index (χ1n) is 9.51. The Balaban J connectivity index is 1.54. The Morgan fingerprint density at radius 3 is 2.73 bits per heavy atom. The van der Waals surface area contributed by atoms with Gasteiger partial charge in [-0.05, 0) is 31.2 Å². The number of ether oxygens (including phenoxy) is 1.